The van der Waals surface area contributed by atoms with Crippen LogP contribution >= 0.6 is 0 Å². The Hall–Kier alpha value is -1.36. The number of methoxy groups -OCH3 is 1. The average Bonchev–Trinajstić information content (AvgIpc) is 2.29. The second-order valence-corrected chi connectivity index (χ2v) is 4.13. The zero-order chi connectivity index (χ0) is 14.0. The molecular formula is C13H23NO4. The van der Waals surface area contributed by atoms with Crippen molar-refractivity contribution >= 4 is 11.9 Å². The van der Waals surface area contributed by atoms with Crippen LogP contribution in [0.1, 0.15) is 20.3 Å². The van der Waals surface area contributed by atoms with E-state index in [2.05, 4.69) is 6.58 Å². The van der Waals surface area contributed by atoms with Gasteiger partial charge in [-0.25, -0.2) is 0 Å². The summed E-state index contributed by atoms with van der Waals surface area (Å²) in [7, 11) is 1.60. The second kappa shape index (κ2) is 9.65. The molecule has 0 rings (SSSR count). The summed E-state index contributed by atoms with van der Waals surface area (Å²) in [6.07, 6.45) is 1.94. The van der Waals surface area contributed by atoms with Crippen LogP contribution in [0.2, 0.25) is 0 Å². The number of amides is 1. The van der Waals surface area contributed by atoms with Crippen LogP contribution < -0.4 is 0 Å². The number of rotatable bonds is 9. The third-order valence-electron chi connectivity index (χ3n) is 2.30. The first-order valence-electron chi connectivity index (χ1n) is 6.08. The minimum atomic E-state index is -0.396. The van der Waals surface area contributed by atoms with E-state index in [9.17, 15) is 9.59 Å². The fourth-order valence-electron chi connectivity index (χ4n) is 1.54. The third-order valence-corrected chi connectivity index (χ3v) is 2.30. The van der Waals surface area contributed by atoms with Gasteiger partial charge in [0, 0.05) is 26.7 Å². The van der Waals surface area contributed by atoms with Gasteiger partial charge in [0.15, 0.2) is 0 Å². The van der Waals surface area contributed by atoms with Gasteiger partial charge in [-0.3, -0.25) is 9.59 Å². The van der Waals surface area contributed by atoms with Crippen molar-refractivity contribution < 1.29 is 19.1 Å². The smallest absolute Gasteiger partial charge is 0.325 e. The van der Waals surface area contributed by atoms with E-state index in [0.717, 1.165) is 0 Å². The lowest BCUT2D eigenvalue weighted by Crippen LogP contribution is -2.37. The lowest BCUT2D eigenvalue weighted by Gasteiger charge is -2.21. The van der Waals surface area contributed by atoms with Crippen molar-refractivity contribution in [2.45, 2.75) is 20.3 Å². The number of ether oxygens (including phenoxy) is 2. The SMILES string of the molecule is C=CCN(CC(=O)OCC)C(=O)CC(C)COC. The molecule has 5 nitrogen and oxygen atoms in total. The predicted octanol–water partition coefficient (Wildman–Crippen LogP) is 1.24. The van der Waals surface area contributed by atoms with Gasteiger partial charge in [-0.1, -0.05) is 13.0 Å². The van der Waals surface area contributed by atoms with E-state index < -0.39 is 5.97 Å². The number of carbonyl (C=O) groups is 2. The van der Waals surface area contributed by atoms with Gasteiger partial charge in [0.2, 0.25) is 5.91 Å². The van der Waals surface area contributed by atoms with Crippen molar-refractivity contribution in [3.8, 4) is 0 Å². The Morgan fingerprint density at radius 3 is 2.61 bits per heavy atom. The number of esters is 1. The Bertz CT molecular complexity index is 278. The molecule has 0 heterocycles. The van der Waals surface area contributed by atoms with Gasteiger partial charge >= 0.3 is 5.97 Å². The zero-order valence-electron chi connectivity index (χ0n) is 11.5. The van der Waals surface area contributed by atoms with Crippen molar-refractivity contribution in [2.24, 2.45) is 5.92 Å². The maximum atomic E-state index is 12.0. The van der Waals surface area contributed by atoms with E-state index in [4.69, 9.17) is 9.47 Å². The molecule has 18 heavy (non-hydrogen) atoms. The van der Waals surface area contributed by atoms with Gasteiger partial charge in [-0.15, -0.1) is 6.58 Å². The summed E-state index contributed by atoms with van der Waals surface area (Å²) < 4.78 is 9.81. The number of carbonyl (C=O) groups excluding carboxylic acids is 2. The van der Waals surface area contributed by atoms with Crippen LogP contribution in [0, 0.1) is 5.92 Å². The van der Waals surface area contributed by atoms with Crippen LogP contribution in [0.15, 0.2) is 12.7 Å². The molecule has 0 N–H and O–H groups in total. The Labute approximate surface area is 109 Å². The van der Waals surface area contributed by atoms with Gasteiger partial charge in [0.25, 0.3) is 0 Å². The molecule has 0 bridgehead atoms. The summed E-state index contributed by atoms with van der Waals surface area (Å²) in [6.45, 7) is 8.39. The van der Waals surface area contributed by atoms with Gasteiger partial charge in [0.1, 0.15) is 6.54 Å². The maximum Gasteiger partial charge on any atom is 0.325 e. The van der Waals surface area contributed by atoms with E-state index in [1.165, 1.54) is 4.90 Å². The van der Waals surface area contributed by atoms with Crippen molar-refractivity contribution in [2.75, 3.05) is 33.4 Å². The fourth-order valence-corrected chi connectivity index (χ4v) is 1.54. The Kier molecular flexibility index (Phi) is 8.92. The number of hydrogen-bond acceptors (Lipinski definition) is 4. The highest BCUT2D eigenvalue weighted by atomic mass is 16.5. The molecule has 0 saturated heterocycles. The van der Waals surface area contributed by atoms with Crippen LogP contribution in [0.5, 0.6) is 0 Å². The molecule has 0 saturated carbocycles. The van der Waals surface area contributed by atoms with Crippen molar-refractivity contribution in [3.05, 3.63) is 12.7 Å². The molecule has 0 radical (unpaired) electrons. The largest absolute Gasteiger partial charge is 0.465 e. The van der Waals surface area contributed by atoms with Gasteiger partial charge in [-0.2, -0.15) is 0 Å². The number of hydrogen-bond donors (Lipinski definition) is 0. The van der Waals surface area contributed by atoms with E-state index >= 15 is 0 Å². The molecule has 0 aromatic rings. The molecule has 0 aliphatic heterocycles. The summed E-state index contributed by atoms with van der Waals surface area (Å²) in [4.78, 5) is 24.8. The molecule has 5 heteroatoms. The second-order valence-electron chi connectivity index (χ2n) is 4.13. The Morgan fingerprint density at radius 2 is 2.11 bits per heavy atom. The zero-order valence-corrected chi connectivity index (χ0v) is 11.5. The molecule has 1 amide bonds. The highest BCUT2D eigenvalue weighted by Gasteiger charge is 2.18. The minimum Gasteiger partial charge on any atom is -0.465 e. The quantitative estimate of drug-likeness (QED) is 0.460. The average molecular weight is 257 g/mol. The fraction of sp³-hybridized carbons (Fsp3) is 0.692. The van der Waals surface area contributed by atoms with Gasteiger partial charge < -0.3 is 14.4 Å². The first kappa shape index (κ1) is 16.6. The summed E-state index contributed by atoms with van der Waals surface area (Å²) >= 11 is 0. The van der Waals surface area contributed by atoms with Crippen molar-refractivity contribution in [3.63, 3.8) is 0 Å². The van der Waals surface area contributed by atoms with E-state index in [1.807, 2.05) is 6.92 Å². The molecule has 0 aliphatic rings. The lowest BCUT2D eigenvalue weighted by atomic mass is 10.1. The molecule has 0 fully saturated rings. The minimum absolute atomic E-state index is 0.0294. The Balaban J connectivity index is 4.34. The van der Waals surface area contributed by atoms with Crippen molar-refractivity contribution in [1.29, 1.82) is 0 Å². The normalized spacial score (nSPS) is 11.7. The summed E-state index contributed by atoms with van der Waals surface area (Å²) in [5.41, 5.74) is 0. The highest BCUT2D eigenvalue weighted by Crippen LogP contribution is 2.06. The third kappa shape index (κ3) is 7.06. The molecule has 0 aromatic heterocycles. The predicted molar refractivity (Wildman–Crippen MR) is 69.1 cm³/mol. The maximum absolute atomic E-state index is 12.0. The van der Waals surface area contributed by atoms with E-state index in [-0.39, 0.29) is 18.4 Å². The first-order chi connectivity index (χ1) is 8.54. The molecule has 0 aliphatic carbocycles. The van der Waals surface area contributed by atoms with Gasteiger partial charge in [-0.05, 0) is 12.8 Å². The first-order valence-corrected chi connectivity index (χ1v) is 6.08. The molecule has 1 atom stereocenters. The summed E-state index contributed by atoms with van der Waals surface area (Å²) in [5, 5.41) is 0. The van der Waals surface area contributed by atoms with Crippen LogP contribution in [0.25, 0.3) is 0 Å². The lowest BCUT2D eigenvalue weighted by molar-refractivity contribution is -0.149. The van der Waals surface area contributed by atoms with Crippen LogP contribution in [-0.2, 0) is 19.1 Å². The molecule has 104 valence electrons. The highest BCUT2D eigenvalue weighted by molar-refractivity contribution is 5.82. The Morgan fingerprint density at radius 1 is 1.44 bits per heavy atom. The summed E-state index contributed by atoms with van der Waals surface area (Å²) in [6, 6.07) is 0. The van der Waals surface area contributed by atoms with E-state index in [1.54, 1.807) is 20.1 Å². The molecule has 0 spiro atoms. The standard InChI is InChI=1S/C13H23NO4/c1-5-7-14(9-13(16)18-6-2)12(15)8-11(3)10-17-4/h5,11H,1,6-10H2,2-4H3. The van der Waals surface area contributed by atoms with Crippen LogP contribution in [-0.4, -0.2) is 50.2 Å². The monoisotopic (exact) mass is 257 g/mol. The molecule has 0 aromatic carbocycles. The number of nitrogens with zero attached hydrogens (tertiary/aromatic N) is 1. The van der Waals surface area contributed by atoms with Crippen LogP contribution in [0.3, 0.4) is 0 Å². The van der Waals surface area contributed by atoms with Gasteiger partial charge in [0.05, 0.1) is 6.61 Å². The molecular weight excluding hydrogens is 234 g/mol. The summed E-state index contributed by atoms with van der Waals surface area (Å²) in [5.74, 6) is -0.364. The topological polar surface area (TPSA) is 55.8 Å². The van der Waals surface area contributed by atoms with Crippen molar-refractivity contribution in [1.82, 2.24) is 4.90 Å². The molecule has 1 unspecified atom stereocenters. The van der Waals surface area contributed by atoms with Crippen LogP contribution in [0.4, 0.5) is 0 Å². The van der Waals surface area contributed by atoms with E-state index in [0.29, 0.717) is 26.2 Å².